The van der Waals surface area contributed by atoms with Crippen molar-refractivity contribution >= 4 is 23.9 Å². The van der Waals surface area contributed by atoms with Crippen molar-refractivity contribution in [3.05, 3.63) is 65.7 Å². The number of carboxylic acid groups (broad SMARTS) is 1. The predicted molar refractivity (Wildman–Crippen MR) is 109 cm³/mol. The molecule has 0 aromatic heterocycles. The van der Waals surface area contributed by atoms with Gasteiger partial charge in [0, 0.05) is 6.42 Å². The minimum absolute atomic E-state index is 0.0117. The molecule has 0 saturated heterocycles. The highest BCUT2D eigenvalue weighted by atomic mass is 16.5. The molecule has 3 amide bonds. The summed E-state index contributed by atoms with van der Waals surface area (Å²) in [6, 6.07) is 14.0. The number of carboxylic acids is 1. The molecular weight excluding hydrogens is 406 g/mol. The number of aliphatic carboxylic acids is 1. The van der Waals surface area contributed by atoms with Crippen molar-refractivity contribution in [2.24, 2.45) is 0 Å². The molecule has 0 aliphatic rings. The number of hydrogen-bond donors (Lipinski definition) is 5. The van der Waals surface area contributed by atoms with E-state index in [1.165, 1.54) is 12.1 Å². The molecule has 10 nitrogen and oxygen atoms in total. The summed E-state index contributed by atoms with van der Waals surface area (Å²) in [5.41, 5.74) is 1.42. The van der Waals surface area contributed by atoms with E-state index in [0.717, 1.165) is 5.56 Å². The van der Waals surface area contributed by atoms with E-state index in [1.807, 2.05) is 6.07 Å². The van der Waals surface area contributed by atoms with Gasteiger partial charge < -0.3 is 30.9 Å². The van der Waals surface area contributed by atoms with E-state index in [-0.39, 0.29) is 18.8 Å². The standard InChI is InChI=1S/C21H23N3O7/c25-16-8-6-14(7-9-16)10-17(20(29)23-11-18(26)22-12-19(27)28)24-21(30)31-13-15-4-2-1-3-5-15/h1-9,17,25H,10-13H2,(H,22,26)(H,23,29)(H,24,30)(H,27,28). The molecule has 31 heavy (non-hydrogen) atoms. The number of aromatic hydroxyl groups is 1. The van der Waals surface area contributed by atoms with Crippen molar-refractivity contribution in [1.82, 2.24) is 16.0 Å². The van der Waals surface area contributed by atoms with Gasteiger partial charge in [0.15, 0.2) is 0 Å². The fraction of sp³-hybridized carbons (Fsp3) is 0.238. The number of phenolic OH excluding ortho intramolecular Hbond substituents is 1. The first-order valence-corrected chi connectivity index (χ1v) is 9.35. The second-order valence-electron chi connectivity index (χ2n) is 6.52. The molecule has 2 aromatic carbocycles. The summed E-state index contributed by atoms with van der Waals surface area (Å²) in [7, 11) is 0. The van der Waals surface area contributed by atoms with Crippen molar-refractivity contribution in [2.75, 3.05) is 13.1 Å². The highest BCUT2D eigenvalue weighted by Gasteiger charge is 2.22. The van der Waals surface area contributed by atoms with Crippen LogP contribution >= 0.6 is 0 Å². The predicted octanol–water partition coefficient (Wildman–Crippen LogP) is 0.547. The Labute approximate surface area is 178 Å². The number of ether oxygens (including phenoxy) is 1. The fourth-order valence-electron chi connectivity index (χ4n) is 2.51. The lowest BCUT2D eigenvalue weighted by atomic mass is 10.1. The zero-order chi connectivity index (χ0) is 22.6. The van der Waals surface area contributed by atoms with E-state index in [0.29, 0.717) is 5.56 Å². The Hall–Kier alpha value is -4.08. The van der Waals surface area contributed by atoms with Crippen LogP contribution in [0.25, 0.3) is 0 Å². The van der Waals surface area contributed by atoms with Gasteiger partial charge in [0.2, 0.25) is 11.8 Å². The quantitative estimate of drug-likeness (QED) is 0.369. The van der Waals surface area contributed by atoms with Gasteiger partial charge in [-0.2, -0.15) is 0 Å². The van der Waals surface area contributed by atoms with Gasteiger partial charge in [-0.05, 0) is 23.3 Å². The lowest BCUT2D eigenvalue weighted by Crippen LogP contribution is -2.50. The molecule has 164 valence electrons. The third-order valence-electron chi connectivity index (χ3n) is 4.06. The number of phenols is 1. The molecule has 1 atom stereocenters. The number of carbonyl (C=O) groups excluding carboxylic acids is 3. The third kappa shape index (κ3) is 8.86. The zero-order valence-electron chi connectivity index (χ0n) is 16.5. The molecule has 10 heteroatoms. The van der Waals surface area contributed by atoms with Gasteiger partial charge in [0.1, 0.15) is 24.9 Å². The summed E-state index contributed by atoms with van der Waals surface area (Å²) in [5.74, 6) is -2.51. The molecule has 0 spiro atoms. The van der Waals surface area contributed by atoms with Crippen LogP contribution in [0.4, 0.5) is 4.79 Å². The molecule has 2 aromatic rings. The van der Waals surface area contributed by atoms with Gasteiger partial charge in [-0.15, -0.1) is 0 Å². The first-order chi connectivity index (χ1) is 14.8. The minimum Gasteiger partial charge on any atom is -0.508 e. The molecule has 5 N–H and O–H groups in total. The SMILES string of the molecule is O=C(O)CNC(=O)CNC(=O)C(Cc1ccc(O)cc1)NC(=O)OCc1ccccc1. The van der Waals surface area contributed by atoms with Crippen molar-refractivity contribution < 1.29 is 34.1 Å². The first kappa shape index (κ1) is 23.2. The Balaban J connectivity index is 1.96. The largest absolute Gasteiger partial charge is 0.508 e. The first-order valence-electron chi connectivity index (χ1n) is 9.35. The lowest BCUT2D eigenvalue weighted by Gasteiger charge is -2.18. The van der Waals surface area contributed by atoms with E-state index in [2.05, 4.69) is 16.0 Å². The average Bonchev–Trinajstić information content (AvgIpc) is 2.76. The van der Waals surface area contributed by atoms with E-state index < -0.39 is 43.0 Å². The maximum absolute atomic E-state index is 12.5. The van der Waals surface area contributed by atoms with Crippen molar-refractivity contribution in [3.8, 4) is 5.75 Å². The van der Waals surface area contributed by atoms with Gasteiger partial charge in [-0.3, -0.25) is 14.4 Å². The summed E-state index contributed by atoms with van der Waals surface area (Å²) < 4.78 is 5.14. The lowest BCUT2D eigenvalue weighted by molar-refractivity contribution is -0.137. The van der Waals surface area contributed by atoms with Crippen LogP contribution in [0.2, 0.25) is 0 Å². The molecule has 0 heterocycles. The van der Waals surface area contributed by atoms with Crippen LogP contribution in [-0.4, -0.2) is 53.2 Å². The molecular formula is C21H23N3O7. The van der Waals surface area contributed by atoms with Crippen molar-refractivity contribution in [2.45, 2.75) is 19.1 Å². The molecule has 0 aliphatic carbocycles. The number of carbonyl (C=O) groups is 4. The fourth-order valence-corrected chi connectivity index (χ4v) is 2.51. The van der Waals surface area contributed by atoms with Crippen molar-refractivity contribution in [3.63, 3.8) is 0 Å². The second-order valence-corrected chi connectivity index (χ2v) is 6.52. The van der Waals surface area contributed by atoms with Crippen LogP contribution in [0.5, 0.6) is 5.75 Å². The van der Waals surface area contributed by atoms with Crippen LogP contribution in [0.3, 0.4) is 0 Å². The number of amides is 3. The average molecular weight is 429 g/mol. The number of benzene rings is 2. The van der Waals surface area contributed by atoms with Gasteiger partial charge in [0.05, 0.1) is 6.54 Å². The molecule has 2 rings (SSSR count). The van der Waals surface area contributed by atoms with E-state index >= 15 is 0 Å². The van der Waals surface area contributed by atoms with Gasteiger partial charge >= 0.3 is 12.1 Å². The zero-order valence-corrected chi connectivity index (χ0v) is 16.5. The Morgan fingerprint density at radius 2 is 1.55 bits per heavy atom. The van der Waals surface area contributed by atoms with Crippen molar-refractivity contribution in [1.29, 1.82) is 0 Å². The third-order valence-corrected chi connectivity index (χ3v) is 4.06. The van der Waals surface area contributed by atoms with Crippen LogP contribution in [0.15, 0.2) is 54.6 Å². The Morgan fingerprint density at radius 3 is 2.19 bits per heavy atom. The van der Waals surface area contributed by atoms with E-state index in [1.54, 1.807) is 36.4 Å². The van der Waals surface area contributed by atoms with Gasteiger partial charge in [-0.1, -0.05) is 42.5 Å². The molecule has 0 bridgehead atoms. The molecule has 0 aliphatic heterocycles. The summed E-state index contributed by atoms with van der Waals surface area (Å²) in [6.07, 6.45) is -0.748. The van der Waals surface area contributed by atoms with Crippen LogP contribution < -0.4 is 16.0 Å². The maximum atomic E-state index is 12.5. The smallest absolute Gasteiger partial charge is 0.408 e. The normalized spacial score (nSPS) is 11.1. The van der Waals surface area contributed by atoms with Crippen LogP contribution in [0, 0.1) is 0 Å². The topological polar surface area (TPSA) is 154 Å². The monoisotopic (exact) mass is 429 g/mol. The number of alkyl carbamates (subject to hydrolysis) is 1. The molecule has 0 radical (unpaired) electrons. The number of hydrogen-bond acceptors (Lipinski definition) is 6. The Kier molecular flexibility index (Phi) is 8.84. The molecule has 1 unspecified atom stereocenters. The van der Waals surface area contributed by atoms with Gasteiger partial charge in [0.25, 0.3) is 0 Å². The summed E-state index contributed by atoms with van der Waals surface area (Å²) in [4.78, 5) is 46.8. The molecule has 0 saturated carbocycles. The minimum atomic E-state index is -1.22. The molecule has 0 fully saturated rings. The van der Waals surface area contributed by atoms with Gasteiger partial charge in [-0.25, -0.2) is 4.79 Å². The number of nitrogens with one attached hydrogen (secondary N) is 3. The van der Waals surface area contributed by atoms with Crippen LogP contribution in [0.1, 0.15) is 11.1 Å². The van der Waals surface area contributed by atoms with E-state index in [9.17, 15) is 24.3 Å². The van der Waals surface area contributed by atoms with E-state index in [4.69, 9.17) is 9.84 Å². The summed E-state index contributed by atoms with van der Waals surface area (Å²) in [5, 5.41) is 24.9. The highest BCUT2D eigenvalue weighted by molar-refractivity contribution is 5.90. The Morgan fingerprint density at radius 1 is 0.871 bits per heavy atom. The summed E-state index contributed by atoms with van der Waals surface area (Å²) >= 11 is 0. The Bertz CT molecular complexity index is 901. The maximum Gasteiger partial charge on any atom is 0.408 e. The second kappa shape index (κ2) is 11.8. The summed E-state index contributed by atoms with van der Waals surface area (Å²) in [6.45, 7) is -1.02. The number of rotatable bonds is 10. The highest BCUT2D eigenvalue weighted by Crippen LogP contribution is 2.12. The van der Waals surface area contributed by atoms with Crippen LogP contribution in [-0.2, 0) is 32.1 Å².